The number of rotatable bonds is 4. The molecule has 0 radical (unpaired) electrons. The van der Waals surface area contributed by atoms with Gasteiger partial charge in [0.2, 0.25) is 0 Å². The highest BCUT2D eigenvalue weighted by atomic mass is 15.2. The number of hydrogen-bond donors (Lipinski definition) is 0. The van der Waals surface area contributed by atoms with Crippen molar-refractivity contribution in [1.29, 1.82) is 5.26 Å². The van der Waals surface area contributed by atoms with Crippen LogP contribution in [0.3, 0.4) is 0 Å². The van der Waals surface area contributed by atoms with Gasteiger partial charge in [0.1, 0.15) is 0 Å². The summed E-state index contributed by atoms with van der Waals surface area (Å²) in [6.45, 7) is 6.89. The summed E-state index contributed by atoms with van der Waals surface area (Å²) in [5, 5.41) is 8.72. The molecule has 1 aliphatic rings. The van der Waals surface area contributed by atoms with Crippen molar-refractivity contribution in [3.05, 3.63) is 0 Å². The normalized spacial score (nSPS) is 21.8. The van der Waals surface area contributed by atoms with Crippen molar-refractivity contribution < 1.29 is 0 Å². The van der Waals surface area contributed by atoms with Gasteiger partial charge >= 0.3 is 0 Å². The molecule has 0 N–H and O–H groups in total. The smallest absolute Gasteiger partial charge is 0.0638 e. The van der Waals surface area contributed by atoms with Crippen LogP contribution >= 0.6 is 0 Å². The monoisotopic (exact) mass is 194 g/mol. The Hall–Kier alpha value is -0.550. The Balaban J connectivity index is 2.36. The highest BCUT2D eigenvalue weighted by molar-refractivity contribution is 4.84. The second-order valence-electron chi connectivity index (χ2n) is 4.31. The third-order valence-electron chi connectivity index (χ3n) is 3.54. The lowest BCUT2D eigenvalue weighted by molar-refractivity contribution is 0.129. The van der Waals surface area contributed by atoms with E-state index in [0.717, 1.165) is 12.3 Å². The first-order valence-corrected chi connectivity index (χ1v) is 5.92. The summed E-state index contributed by atoms with van der Waals surface area (Å²) >= 11 is 0. The van der Waals surface area contributed by atoms with Crippen LogP contribution in [0.4, 0.5) is 0 Å². The first-order chi connectivity index (χ1) is 6.81. The average molecular weight is 194 g/mol. The van der Waals surface area contributed by atoms with Crippen molar-refractivity contribution in [2.45, 2.75) is 52.0 Å². The molecule has 14 heavy (non-hydrogen) atoms. The van der Waals surface area contributed by atoms with E-state index in [1.165, 1.54) is 32.4 Å². The van der Waals surface area contributed by atoms with Gasteiger partial charge in [-0.25, -0.2) is 0 Å². The maximum Gasteiger partial charge on any atom is 0.0638 e. The Morgan fingerprint density at radius 2 is 2.00 bits per heavy atom. The van der Waals surface area contributed by atoms with E-state index in [4.69, 9.17) is 5.26 Å². The molecule has 1 aliphatic heterocycles. The fourth-order valence-corrected chi connectivity index (χ4v) is 2.36. The van der Waals surface area contributed by atoms with Gasteiger partial charge in [0.25, 0.3) is 0 Å². The van der Waals surface area contributed by atoms with Crippen molar-refractivity contribution in [2.24, 2.45) is 5.92 Å². The zero-order valence-electron chi connectivity index (χ0n) is 9.50. The Morgan fingerprint density at radius 3 is 2.43 bits per heavy atom. The fraction of sp³-hybridized carbons (Fsp3) is 0.917. The standard InChI is InChI=1S/C12H22N2/c1-3-11-6-9-14(10-7-11)12(4-2)5-8-13/h11-12H,3-7,9-10H2,1-2H3. The molecule has 0 amide bonds. The van der Waals surface area contributed by atoms with Crippen molar-refractivity contribution >= 4 is 0 Å². The molecule has 80 valence electrons. The first kappa shape index (κ1) is 11.5. The van der Waals surface area contributed by atoms with Crippen LogP contribution in [0.1, 0.15) is 46.0 Å². The summed E-state index contributed by atoms with van der Waals surface area (Å²) in [6.07, 6.45) is 5.80. The molecule has 1 fully saturated rings. The van der Waals surface area contributed by atoms with E-state index in [0.29, 0.717) is 12.5 Å². The summed E-state index contributed by atoms with van der Waals surface area (Å²) in [5.74, 6) is 0.936. The first-order valence-electron chi connectivity index (χ1n) is 5.92. The van der Waals surface area contributed by atoms with E-state index in [1.54, 1.807) is 0 Å². The van der Waals surface area contributed by atoms with Crippen molar-refractivity contribution in [2.75, 3.05) is 13.1 Å². The summed E-state index contributed by atoms with van der Waals surface area (Å²) in [6, 6.07) is 2.81. The molecule has 0 aromatic heterocycles. The molecule has 2 heteroatoms. The SMILES string of the molecule is CCC1CCN(C(CC)CC#N)CC1. The maximum absolute atomic E-state index is 8.72. The molecule has 0 saturated carbocycles. The molecule has 2 nitrogen and oxygen atoms in total. The van der Waals surface area contributed by atoms with Crippen LogP contribution in [0.15, 0.2) is 0 Å². The molecule has 1 saturated heterocycles. The lowest BCUT2D eigenvalue weighted by Crippen LogP contribution is -2.40. The fourth-order valence-electron chi connectivity index (χ4n) is 2.36. The molecule has 1 atom stereocenters. The average Bonchev–Trinajstić information content (AvgIpc) is 2.26. The zero-order valence-corrected chi connectivity index (χ0v) is 9.50. The quantitative estimate of drug-likeness (QED) is 0.688. The van der Waals surface area contributed by atoms with E-state index >= 15 is 0 Å². The Morgan fingerprint density at radius 1 is 1.36 bits per heavy atom. The number of hydrogen-bond acceptors (Lipinski definition) is 2. The molecule has 1 heterocycles. The predicted molar refractivity (Wildman–Crippen MR) is 58.9 cm³/mol. The van der Waals surface area contributed by atoms with E-state index in [-0.39, 0.29) is 0 Å². The lowest BCUT2D eigenvalue weighted by Gasteiger charge is -2.36. The molecule has 0 aromatic carbocycles. The number of nitriles is 1. The van der Waals surface area contributed by atoms with Gasteiger partial charge in [0.15, 0.2) is 0 Å². The van der Waals surface area contributed by atoms with Gasteiger partial charge in [0.05, 0.1) is 12.5 Å². The van der Waals surface area contributed by atoms with Crippen LogP contribution in [0.2, 0.25) is 0 Å². The van der Waals surface area contributed by atoms with Crippen LogP contribution in [0.5, 0.6) is 0 Å². The Labute approximate surface area is 87.9 Å². The maximum atomic E-state index is 8.72. The van der Waals surface area contributed by atoms with E-state index in [9.17, 15) is 0 Å². The zero-order chi connectivity index (χ0) is 10.4. The van der Waals surface area contributed by atoms with Crippen LogP contribution in [0.25, 0.3) is 0 Å². The van der Waals surface area contributed by atoms with Crippen LogP contribution in [-0.4, -0.2) is 24.0 Å². The Kier molecular flexibility index (Phi) is 4.97. The van der Waals surface area contributed by atoms with Gasteiger partial charge in [-0.15, -0.1) is 0 Å². The van der Waals surface area contributed by atoms with Crippen LogP contribution in [0, 0.1) is 17.2 Å². The molecule has 0 aliphatic carbocycles. The second kappa shape index (κ2) is 6.03. The third-order valence-corrected chi connectivity index (χ3v) is 3.54. The molecule has 0 bridgehead atoms. The minimum Gasteiger partial charge on any atom is -0.299 e. The van der Waals surface area contributed by atoms with E-state index < -0.39 is 0 Å². The minimum atomic E-state index is 0.512. The van der Waals surface area contributed by atoms with Gasteiger partial charge in [0, 0.05) is 6.04 Å². The molecule has 1 rings (SSSR count). The highest BCUT2D eigenvalue weighted by Gasteiger charge is 2.22. The van der Waals surface area contributed by atoms with Crippen LogP contribution in [-0.2, 0) is 0 Å². The number of piperidine rings is 1. The number of likely N-dealkylation sites (tertiary alicyclic amines) is 1. The summed E-state index contributed by atoms with van der Waals surface area (Å²) in [7, 11) is 0. The lowest BCUT2D eigenvalue weighted by atomic mass is 9.93. The molecule has 1 unspecified atom stereocenters. The highest BCUT2D eigenvalue weighted by Crippen LogP contribution is 2.23. The van der Waals surface area contributed by atoms with Gasteiger partial charge in [-0.05, 0) is 38.3 Å². The topological polar surface area (TPSA) is 27.0 Å². The summed E-state index contributed by atoms with van der Waals surface area (Å²) in [5.41, 5.74) is 0. The predicted octanol–water partition coefficient (Wildman–Crippen LogP) is 2.80. The molecule has 0 aromatic rings. The molecular formula is C12H22N2. The van der Waals surface area contributed by atoms with E-state index in [2.05, 4.69) is 24.8 Å². The largest absolute Gasteiger partial charge is 0.299 e. The van der Waals surface area contributed by atoms with Crippen molar-refractivity contribution in [3.8, 4) is 6.07 Å². The molecule has 0 spiro atoms. The van der Waals surface area contributed by atoms with Gasteiger partial charge in [-0.3, -0.25) is 4.90 Å². The summed E-state index contributed by atoms with van der Waals surface area (Å²) in [4.78, 5) is 2.51. The second-order valence-corrected chi connectivity index (χ2v) is 4.31. The van der Waals surface area contributed by atoms with Crippen molar-refractivity contribution in [3.63, 3.8) is 0 Å². The van der Waals surface area contributed by atoms with Gasteiger partial charge in [-0.2, -0.15) is 5.26 Å². The minimum absolute atomic E-state index is 0.512. The van der Waals surface area contributed by atoms with Crippen molar-refractivity contribution in [1.82, 2.24) is 4.90 Å². The van der Waals surface area contributed by atoms with Gasteiger partial charge < -0.3 is 0 Å². The van der Waals surface area contributed by atoms with E-state index in [1.807, 2.05) is 0 Å². The molecular weight excluding hydrogens is 172 g/mol. The van der Waals surface area contributed by atoms with Gasteiger partial charge in [-0.1, -0.05) is 20.3 Å². The summed E-state index contributed by atoms with van der Waals surface area (Å²) < 4.78 is 0. The Bertz CT molecular complexity index is 187. The third kappa shape index (κ3) is 2.99. The van der Waals surface area contributed by atoms with Crippen LogP contribution < -0.4 is 0 Å². The number of nitrogens with zero attached hydrogens (tertiary/aromatic N) is 2.